The summed E-state index contributed by atoms with van der Waals surface area (Å²) in [4.78, 5) is 4.29. The molecule has 2 nitrogen and oxygen atoms in total. The van der Waals surface area contributed by atoms with Gasteiger partial charge in [-0.25, -0.2) is 0 Å². The van der Waals surface area contributed by atoms with Crippen molar-refractivity contribution in [3.8, 4) is 17.0 Å². The van der Waals surface area contributed by atoms with Crippen LogP contribution in [0.3, 0.4) is 0 Å². The Hall–Kier alpha value is -2.06. The standard InChI is InChI=1S/C15H10ClNO/c16-13-4-6-15(17-9-13)12-2-1-11-8-14(18)5-3-10(11)7-12/h1-9,18H. The van der Waals surface area contributed by atoms with E-state index < -0.39 is 0 Å². The van der Waals surface area contributed by atoms with Crippen molar-refractivity contribution in [1.82, 2.24) is 4.98 Å². The van der Waals surface area contributed by atoms with Gasteiger partial charge in [-0.1, -0.05) is 29.8 Å². The third-order valence-electron chi connectivity index (χ3n) is 2.85. The van der Waals surface area contributed by atoms with Gasteiger partial charge in [0, 0.05) is 11.8 Å². The van der Waals surface area contributed by atoms with Crippen LogP contribution in [0.5, 0.6) is 5.75 Å². The third kappa shape index (κ3) is 2.03. The van der Waals surface area contributed by atoms with Crippen LogP contribution >= 0.6 is 11.6 Å². The van der Waals surface area contributed by atoms with Gasteiger partial charge in [0.25, 0.3) is 0 Å². The third-order valence-corrected chi connectivity index (χ3v) is 3.07. The number of hydrogen-bond donors (Lipinski definition) is 1. The molecule has 3 heteroatoms. The molecule has 0 aliphatic carbocycles. The molecule has 0 saturated carbocycles. The Morgan fingerprint density at radius 1 is 0.889 bits per heavy atom. The van der Waals surface area contributed by atoms with E-state index >= 15 is 0 Å². The van der Waals surface area contributed by atoms with Gasteiger partial charge in [0.05, 0.1) is 10.7 Å². The molecule has 1 aromatic heterocycles. The molecule has 88 valence electrons. The fourth-order valence-corrected chi connectivity index (χ4v) is 2.05. The summed E-state index contributed by atoms with van der Waals surface area (Å²) >= 11 is 5.82. The smallest absolute Gasteiger partial charge is 0.116 e. The van der Waals surface area contributed by atoms with Gasteiger partial charge in [-0.3, -0.25) is 4.98 Å². The summed E-state index contributed by atoms with van der Waals surface area (Å²) in [5.74, 6) is 0.278. The number of hydrogen-bond acceptors (Lipinski definition) is 2. The van der Waals surface area contributed by atoms with Crippen LogP contribution in [0, 0.1) is 0 Å². The van der Waals surface area contributed by atoms with Crippen molar-refractivity contribution in [3.63, 3.8) is 0 Å². The molecule has 0 bridgehead atoms. The predicted molar refractivity (Wildman–Crippen MR) is 73.9 cm³/mol. The average molecular weight is 256 g/mol. The molecular weight excluding hydrogens is 246 g/mol. The lowest BCUT2D eigenvalue weighted by Crippen LogP contribution is -1.83. The molecule has 0 aliphatic rings. The van der Waals surface area contributed by atoms with E-state index in [1.807, 2.05) is 36.4 Å². The van der Waals surface area contributed by atoms with Crippen molar-refractivity contribution < 1.29 is 5.11 Å². The first-order valence-electron chi connectivity index (χ1n) is 5.57. The average Bonchev–Trinajstić information content (AvgIpc) is 2.39. The number of rotatable bonds is 1. The summed E-state index contributed by atoms with van der Waals surface area (Å²) in [6.07, 6.45) is 1.64. The van der Waals surface area contributed by atoms with Crippen molar-refractivity contribution in [3.05, 3.63) is 59.8 Å². The molecule has 0 saturated heterocycles. The van der Waals surface area contributed by atoms with Gasteiger partial charge < -0.3 is 5.11 Å². The largest absolute Gasteiger partial charge is 0.508 e. The van der Waals surface area contributed by atoms with Gasteiger partial charge in [0.1, 0.15) is 5.75 Å². The van der Waals surface area contributed by atoms with E-state index in [1.165, 1.54) is 0 Å². The minimum Gasteiger partial charge on any atom is -0.508 e. The lowest BCUT2D eigenvalue weighted by molar-refractivity contribution is 0.476. The van der Waals surface area contributed by atoms with Crippen LogP contribution in [0.2, 0.25) is 5.02 Å². The predicted octanol–water partition coefficient (Wildman–Crippen LogP) is 4.26. The number of halogens is 1. The minimum atomic E-state index is 0.278. The maximum Gasteiger partial charge on any atom is 0.116 e. The minimum absolute atomic E-state index is 0.278. The van der Waals surface area contributed by atoms with Crippen LogP contribution in [0.25, 0.3) is 22.0 Å². The number of phenols is 1. The van der Waals surface area contributed by atoms with E-state index in [1.54, 1.807) is 18.3 Å². The number of nitrogens with zero attached hydrogens (tertiary/aromatic N) is 1. The number of aromatic hydroxyl groups is 1. The highest BCUT2D eigenvalue weighted by molar-refractivity contribution is 6.30. The molecule has 0 radical (unpaired) electrons. The molecule has 0 amide bonds. The summed E-state index contributed by atoms with van der Waals surface area (Å²) in [5.41, 5.74) is 1.92. The van der Waals surface area contributed by atoms with Crippen molar-refractivity contribution in [2.75, 3.05) is 0 Å². The maximum atomic E-state index is 9.42. The Kier molecular flexibility index (Phi) is 2.65. The van der Waals surface area contributed by atoms with Gasteiger partial charge in [-0.2, -0.15) is 0 Å². The zero-order valence-electron chi connectivity index (χ0n) is 9.47. The first-order chi connectivity index (χ1) is 8.72. The summed E-state index contributed by atoms with van der Waals surface area (Å²) in [6.45, 7) is 0. The van der Waals surface area contributed by atoms with Crippen LogP contribution in [0.15, 0.2) is 54.7 Å². The zero-order valence-corrected chi connectivity index (χ0v) is 10.2. The van der Waals surface area contributed by atoms with Crippen LogP contribution in [0.1, 0.15) is 0 Å². The number of benzene rings is 2. The number of phenolic OH excluding ortho intramolecular Hbond substituents is 1. The molecule has 0 unspecified atom stereocenters. The van der Waals surface area contributed by atoms with Crippen molar-refractivity contribution >= 4 is 22.4 Å². The van der Waals surface area contributed by atoms with Gasteiger partial charge in [-0.05, 0) is 41.1 Å². The normalized spacial score (nSPS) is 10.7. The van der Waals surface area contributed by atoms with Crippen LogP contribution < -0.4 is 0 Å². The van der Waals surface area contributed by atoms with E-state index in [0.717, 1.165) is 22.0 Å². The fraction of sp³-hybridized carbons (Fsp3) is 0. The zero-order chi connectivity index (χ0) is 12.5. The number of pyridine rings is 1. The van der Waals surface area contributed by atoms with E-state index in [0.29, 0.717) is 5.02 Å². The SMILES string of the molecule is Oc1ccc2cc(-c3ccc(Cl)cn3)ccc2c1. The Morgan fingerprint density at radius 3 is 2.44 bits per heavy atom. The van der Waals surface area contributed by atoms with Gasteiger partial charge >= 0.3 is 0 Å². The second-order valence-corrected chi connectivity index (χ2v) is 4.54. The lowest BCUT2D eigenvalue weighted by atomic mass is 10.0. The summed E-state index contributed by atoms with van der Waals surface area (Å²) < 4.78 is 0. The first kappa shape index (κ1) is 11.1. The summed E-state index contributed by atoms with van der Waals surface area (Å²) in [7, 11) is 0. The molecule has 2 aromatic carbocycles. The van der Waals surface area contributed by atoms with Gasteiger partial charge in [0.2, 0.25) is 0 Å². The second kappa shape index (κ2) is 4.31. The highest BCUT2D eigenvalue weighted by atomic mass is 35.5. The molecular formula is C15H10ClNO. The molecule has 1 N–H and O–H groups in total. The van der Waals surface area contributed by atoms with E-state index in [9.17, 15) is 5.11 Å². The Labute approximate surface area is 109 Å². The molecule has 0 spiro atoms. The number of fused-ring (bicyclic) bond motifs is 1. The molecule has 3 rings (SSSR count). The topological polar surface area (TPSA) is 33.1 Å². The maximum absolute atomic E-state index is 9.42. The van der Waals surface area contributed by atoms with E-state index in [2.05, 4.69) is 4.98 Å². The van der Waals surface area contributed by atoms with Crippen LogP contribution in [0.4, 0.5) is 0 Å². The molecule has 0 atom stereocenters. The molecule has 0 fully saturated rings. The molecule has 1 heterocycles. The summed E-state index contributed by atoms with van der Waals surface area (Å²) in [6, 6.07) is 15.0. The highest BCUT2D eigenvalue weighted by Crippen LogP contribution is 2.26. The molecule has 3 aromatic rings. The van der Waals surface area contributed by atoms with Crippen LogP contribution in [-0.4, -0.2) is 10.1 Å². The quantitative estimate of drug-likeness (QED) is 0.705. The van der Waals surface area contributed by atoms with Gasteiger partial charge in [-0.15, -0.1) is 0 Å². The van der Waals surface area contributed by atoms with Crippen LogP contribution in [-0.2, 0) is 0 Å². The Morgan fingerprint density at radius 2 is 1.67 bits per heavy atom. The van der Waals surface area contributed by atoms with Crippen molar-refractivity contribution in [1.29, 1.82) is 0 Å². The monoisotopic (exact) mass is 255 g/mol. The van der Waals surface area contributed by atoms with E-state index in [4.69, 9.17) is 11.6 Å². The highest BCUT2D eigenvalue weighted by Gasteiger charge is 2.01. The van der Waals surface area contributed by atoms with Crippen molar-refractivity contribution in [2.45, 2.75) is 0 Å². The Balaban J connectivity index is 2.13. The first-order valence-corrected chi connectivity index (χ1v) is 5.95. The van der Waals surface area contributed by atoms with Gasteiger partial charge in [0.15, 0.2) is 0 Å². The Bertz CT molecular complexity index is 707. The van der Waals surface area contributed by atoms with E-state index in [-0.39, 0.29) is 5.75 Å². The lowest BCUT2D eigenvalue weighted by Gasteiger charge is -2.04. The fourth-order valence-electron chi connectivity index (χ4n) is 1.94. The number of aromatic nitrogens is 1. The molecule has 0 aliphatic heterocycles. The van der Waals surface area contributed by atoms with Crippen molar-refractivity contribution in [2.24, 2.45) is 0 Å². The summed E-state index contributed by atoms with van der Waals surface area (Å²) in [5, 5.41) is 12.1. The second-order valence-electron chi connectivity index (χ2n) is 4.11. The molecule has 18 heavy (non-hydrogen) atoms.